The quantitative estimate of drug-likeness (QED) is 0.917. The van der Waals surface area contributed by atoms with Crippen LogP contribution in [0.3, 0.4) is 0 Å². The van der Waals surface area contributed by atoms with Crippen LogP contribution in [-0.2, 0) is 0 Å². The van der Waals surface area contributed by atoms with E-state index in [2.05, 4.69) is 20.9 Å². The molecule has 2 rings (SSSR count). The minimum absolute atomic E-state index is 0.160. The standard InChI is InChI=1S/C12H8BrFN2O3/c1-6-9(13)4-8(12(18)19)11(17)16(6)10-3-2-7(14)5-15-10/h2-5H,1H3,(H,18,19). The molecule has 1 N–H and O–H groups in total. The van der Waals surface area contributed by atoms with Gasteiger partial charge in [0, 0.05) is 10.2 Å². The first-order valence-electron chi connectivity index (χ1n) is 5.19. The number of hydrogen-bond acceptors (Lipinski definition) is 3. The predicted octanol–water partition coefficient (Wildman–Crippen LogP) is 2.14. The Morgan fingerprint density at radius 2 is 2.16 bits per heavy atom. The van der Waals surface area contributed by atoms with Gasteiger partial charge in [0.15, 0.2) is 0 Å². The summed E-state index contributed by atoms with van der Waals surface area (Å²) in [5.41, 5.74) is -0.620. The van der Waals surface area contributed by atoms with Crippen molar-refractivity contribution in [3.8, 4) is 5.82 Å². The lowest BCUT2D eigenvalue weighted by atomic mass is 10.2. The maximum atomic E-state index is 12.8. The number of halogens is 2. The van der Waals surface area contributed by atoms with E-state index in [0.29, 0.717) is 10.2 Å². The SMILES string of the molecule is Cc1c(Br)cc(C(=O)O)c(=O)n1-c1ccc(F)cn1. The fourth-order valence-corrected chi connectivity index (χ4v) is 2.01. The second-order valence-corrected chi connectivity index (χ2v) is 4.63. The average Bonchev–Trinajstić information content (AvgIpc) is 2.36. The number of rotatable bonds is 2. The average molecular weight is 327 g/mol. The van der Waals surface area contributed by atoms with E-state index < -0.39 is 17.3 Å². The highest BCUT2D eigenvalue weighted by Crippen LogP contribution is 2.18. The number of carboxylic acids is 1. The first-order chi connectivity index (χ1) is 8.91. The van der Waals surface area contributed by atoms with Crippen LogP contribution < -0.4 is 5.56 Å². The molecule has 0 spiro atoms. The van der Waals surface area contributed by atoms with E-state index in [0.717, 1.165) is 16.8 Å². The highest BCUT2D eigenvalue weighted by Gasteiger charge is 2.17. The second kappa shape index (κ2) is 4.93. The van der Waals surface area contributed by atoms with E-state index in [1.54, 1.807) is 6.92 Å². The van der Waals surface area contributed by atoms with Crippen molar-refractivity contribution >= 4 is 21.9 Å². The summed E-state index contributed by atoms with van der Waals surface area (Å²) in [5.74, 6) is -1.71. The molecule has 0 fully saturated rings. The fourth-order valence-electron chi connectivity index (χ4n) is 1.60. The minimum atomic E-state index is -1.33. The van der Waals surface area contributed by atoms with Gasteiger partial charge in [-0.1, -0.05) is 0 Å². The van der Waals surface area contributed by atoms with Gasteiger partial charge in [0.25, 0.3) is 5.56 Å². The Kier molecular flexibility index (Phi) is 3.48. The highest BCUT2D eigenvalue weighted by atomic mass is 79.9. The lowest BCUT2D eigenvalue weighted by Gasteiger charge is -2.11. The normalized spacial score (nSPS) is 10.5. The predicted molar refractivity (Wildman–Crippen MR) is 69.2 cm³/mol. The van der Waals surface area contributed by atoms with Crippen LogP contribution in [0.1, 0.15) is 16.1 Å². The Balaban J connectivity index is 2.79. The van der Waals surface area contributed by atoms with Crippen LogP contribution in [0.2, 0.25) is 0 Å². The van der Waals surface area contributed by atoms with Gasteiger partial charge in [-0.25, -0.2) is 14.2 Å². The van der Waals surface area contributed by atoms with Gasteiger partial charge in [-0.3, -0.25) is 9.36 Å². The van der Waals surface area contributed by atoms with E-state index in [1.165, 1.54) is 12.1 Å². The molecule has 19 heavy (non-hydrogen) atoms. The Hall–Kier alpha value is -2.02. The summed E-state index contributed by atoms with van der Waals surface area (Å²) in [7, 11) is 0. The number of nitrogens with zero attached hydrogens (tertiary/aromatic N) is 2. The molecular weight excluding hydrogens is 319 g/mol. The van der Waals surface area contributed by atoms with Crippen molar-refractivity contribution in [1.29, 1.82) is 0 Å². The molecule has 0 saturated carbocycles. The summed E-state index contributed by atoms with van der Waals surface area (Å²) in [5, 5.41) is 8.98. The van der Waals surface area contributed by atoms with E-state index >= 15 is 0 Å². The lowest BCUT2D eigenvalue weighted by molar-refractivity contribution is 0.0694. The summed E-state index contributed by atoms with van der Waals surface area (Å²) >= 11 is 3.19. The zero-order chi connectivity index (χ0) is 14.2. The molecule has 0 aliphatic heterocycles. The van der Waals surface area contributed by atoms with Crippen molar-refractivity contribution in [3.63, 3.8) is 0 Å². The molecule has 0 aromatic carbocycles. The molecule has 2 aromatic rings. The van der Waals surface area contributed by atoms with Gasteiger partial charge in [-0.15, -0.1) is 0 Å². The molecule has 0 saturated heterocycles. The summed E-state index contributed by atoms with van der Waals surface area (Å²) in [6.45, 7) is 1.63. The largest absolute Gasteiger partial charge is 0.477 e. The fraction of sp³-hybridized carbons (Fsp3) is 0.0833. The molecule has 2 heterocycles. The Morgan fingerprint density at radius 3 is 2.68 bits per heavy atom. The number of carbonyl (C=O) groups is 1. The van der Waals surface area contributed by atoms with Crippen LogP contribution in [0.5, 0.6) is 0 Å². The van der Waals surface area contributed by atoms with Crippen molar-refractivity contribution in [2.75, 3.05) is 0 Å². The lowest BCUT2D eigenvalue weighted by Crippen LogP contribution is -2.27. The molecule has 98 valence electrons. The zero-order valence-corrected chi connectivity index (χ0v) is 11.3. The van der Waals surface area contributed by atoms with E-state index in [-0.39, 0.29) is 11.4 Å². The van der Waals surface area contributed by atoms with Crippen molar-refractivity contribution < 1.29 is 14.3 Å². The summed E-state index contributed by atoms with van der Waals surface area (Å²) in [6.07, 6.45) is 0.961. The zero-order valence-electron chi connectivity index (χ0n) is 9.72. The van der Waals surface area contributed by atoms with Gasteiger partial charge in [-0.05, 0) is 41.1 Å². The van der Waals surface area contributed by atoms with Crippen LogP contribution in [-0.4, -0.2) is 20.6 Å². The van der Waals surface area contributed by atoms with Gasteiger partial charge in [-0.2, -0.15) is 0 Å². The Labute approximate surface area is 115 Å². The van der Waals surface area contributed by atoms with Gasteiger partial charge in [0.05, 0.1) is 6.20 Å². The first kappa shape index (κ1) is 13.4. The van der Waals surface area contributed by atoms with Crippen LogP contribution in [0.25, 0.3) is 5.82 Å². The third kappa shape index (κ3) is 2.41. The van der Waals surface area contributed by atoms with E-state index in [9.17, 15) is 14.0 Å². The van der Waals surface area contributed by atoms with Gasteiger partial charge < -0.3 is 5.11 Å². The molecule has 0 bridgehead atoms. The number of carboxylic acid groups (broad SMARTS) is 1. The summed E-state index contributed by atoms with van der Waals surface area (Å²) in [4.78, 5) is 26.9. The summed E-state index contributed by atoms with van der Waals surface area (Å²) < 4.78 is 14.4. The Morgan fingerprint density at radius 1 is 1.47 bits per heavy atom. The first-order valence-corrected chi connectivity index (χ1v) is 5.98. The minimum Gasteiger partial charge on any atom is -0.477 e. The monoisotopic (exact) mass is 326 g/mol. The van der Waals surface area contributed by atoms with Crippen LogP contribution in [0, 0.1) is 12.7 Å². The third-order valence-corrected chi connectivity index (χ3v) is 3.36. The van der Waals surface area contributed by atoms with E-state index in [4.69, 9.17) is 5.11 Å². The second-order valence-electron chi connectivity index (χ2n) is 3.77. The molecule has 2 aromatic heterocycles. The highest BCUT2D eigenvalue weighted by molar-refractivity contribution is 9.10. The Bertz CT molecular complexity index is 710. The van der Waals surface area contributed by atoms with E-state index in [1.807, 2.05) is 0 Å². The van der Waals surface area contributed by atoms with Crippen molar-refractivity contribution in [1.82, 2.24) is 9.55 Å². The molecule has 7 heteroatoms. The number of aromatic carboxylic acids is 1. The number of hydrogen-bond donors (Lipinski definition) is 1. The van der Waals surface area contributed by atoms with Crippen LogP contribution >= 0.6 is 15.9 Å². The molecule has 0 radical (unpaired) electrons. The van der Waals surface area contributed by atoms with Crippen molar-refractivity contribution in [3.05, 3.63) is 56.3 Å². The van der Waals surface area contributed by atoms with Gasteiger partial charge >= 0.3 is 5.97 Å². The van der Waals surface area contributed by atoms with Crippen molar-refractivity contribution in [2.45, 2.75) is 6.92 Å². The maximum absolute atomic E-state index is 12.8. The number of aromatic nitrogens is 2. The van der Waals surface area contributed by atoms with Crippen molar-refractivity contribution in [2.24, 2.45) is 0 Å². The number of pyridine rings is 2. The molecule has 0 atom stereocenters. The summed E-state index contributed by atoms with van der Waals surface area (Å²) in [6, 6.07) is 3.69. The topological polar surface area (TPSA) is 72.2 Å². The molecule has 0 amide bonds. The van der Waals surface area contributed by atoms with Gasteiger partial charge in [0.2, 0.25) is 0 Å². The molecular formula is C12H8BrFN2O3. The van der Waals surface area contributed by atoms with Crippen LogP contribution in [0.4, 0.5) is 4.39 Å². The van der Waals surface area contributed by atoms with Gasteiger partial charge in [0.1, 0.15) is 17.2 Å². The third-order valence-electron chi connectivity index (χ3n) is 2.56. The maximum Gasteiger partial charge on any atom is 0.341 e. The molecule has 0 unspecified atom stereocenters. The van der Waals surface area contributed by atoms with Crippen LogP contribution in [0.15, 0.2) is 33.7 Å². The molecule has 5 nitrogen and oxygen atoms in total. The molecule has 0 aliphatic rings. The smallest absolute Gasteiger partial charge is 0.341 e. The molecule has 0 aliphatic carbocycles.